The summed E-state index contributed by atoms with van der Waals surface area (Å²) in [6.07, 6.45) is 0.0727. The largest absolute Gasteiger partial charge is 0.487 e. The van der Waals surface area contributed by atoms with Crippen molar-refractivity contribution in [1.82, 2.24) is 4.90 Å². The van der Waals surface area contributed by atoms with Crippen LogP contribution in [0.1, 0.15) is 15.9 Å². The molecule has 6 nitrogen and oxygen atoms in total. The normalized spacial score (nSPS) is 13.3. The van der Waals surface area contributed by atoms with Crippen LogP contribution in [-0.4, -0.2) is 42.4 Å². The van der Waals surface area contributed by atoms with Gasteiger partial charge in [0.2, 0.25) is 5.91 Å². The van der Waals surface area contributed by atoms with E-state index in [4.69, 9.17) is 32.7 Å². The number of hydrogen-bond donors (Lipinski definition) is 0. The third-order valence-electron chi connectivity index (χ3n) is 3.93. The van der Waals surface area contributed by atoms with Gasteiger partial charge in [-0.05, 0) is 23.8 Å². The Balaban J connectivity index is 1.51. The molecule has 0 saturated heterocycles. The van der Waals surface area contributed by atoms with Gasteiger partial charge in [-0.15, -0.1) is 0 Å². The smallest absolute Gasteiger partial charge is 0.326 e. The van der Waals surface area contributed by atoms with Crippen molar-refractivity contribution < 1.29 is 23.9 Å². The highest BCUT2D eigenvalue weighted by Crippen LogP contribution is 2.32. The predicted octanol–water partition coefficient (Wildman–Crippen LogP) is 3.14. The molecule has 0 aromatic heterocycles. The van der Waals surface area contributed by atoms with Gasteiger partial charge in [-0.1, -0.05) is 47.5 Å². The zero-order valence-corrected chi connectivity index (χ0v) is 15.6. The Morgan fingerprint density at radius 3 is 2.44 bits per heavy atom. The minimum atomic E-state index is -0.704. The minimum absolute atomic E-state index is 0.0277. The molecule has 0 aliphatic carbocycles. The van der Waals surface area contributed by atoms with Crippen LogP contribution >= 0.6 is 23.2 Å². The number of fused-ring (bicyclic) bond motifs is 1. The van der Waals surface area contributed by atoms with E-state index in [2.05, 4.69) is 0 Å². The van der Waals surface area contributed by atoms with Crippen molar-refractivity contribution in [3.63, 3.8) is 0 Å². The van der Waals surface area contributed by atoms with Crippen molar-refractivity contribution in [1.29, 1.82) is 0 Å². The number of carbonyl (C=O) groups excluding carboxylic acids is 3. The van der Waals surface area contributed by atoms with Gasteiger partial charge in [0.1, 0.15) is 19.8 Å². The molecule has 1 heterocycles. The van der Waals surface area contributed by atoms with Gasteiger partial charge in [-0.2, -0.15) is 0 Å². The van der Waals surface area contributed by atoms with E-state index in [1.165, 1.54) is 0 Å². The van der Waals surface area contributed by atoms with Crippen LogP contribution in [0.15, 0.2) is 42.5 Å². The zero-order valence-electron chi connectivity index (χ0n) is 14.1. The topological polar surface area (TPSA) is 72.9 Å². The number of halogens is 2. The van der Waals surface area contributed by atoms with Gasteiger partial charge < -0.3 is 9.47 Å². The lowest BCUT2D eigenvalue weighted by Crippen LogP contribution is -2.45. The fourth-order valence-electron chi connectivity index (χ4n) is 2.65. The van der Waals surface area contributed by atoms with Gasteiger partial charge >= 0.3 is 5.97 Å². The molecule has 140 valence electrons. The molecule has 27 heavy (non-hydrogen) atoms. The van der Waals surface area contributed by atoms with Crippen molar-refractivity contribution in [3.05, 3.63) is 63.6 Å². The first-order chi connectivity index (χ1) is 13.0. The first kappa shape index (κ1) is 19.2. The van der Waals surface area contributed by atoms with Gasteiger partial charge in [0, 0.05) is 5.56 Å². The summed E-state index contributed by atoms with van der Waals surface area (Å²) in [6, 6.07) is 11.7. The average Bonchev–Trinajstić information content (AvgIpc) is 2.64. The standard InChI is InChI=1S/C19H15Cl2NO5/c20-14-6-3-7-15(21)18(14)27-9-8-26-17(24)11-22-16(23)10-12-4-1-2-5-13(12)19(22)25/h1-7H,8-11H2. The van der Waals surface area contributed by atoms with Gasteiger partial charge in [-0.25, -0.2) is 0 Å². The predicted molar refractivity (Wildman–Crippen MR) is 99.1 cm³/mol. The first-order valence-corrected chi connectivity index (χ1v) is 8.88. The fourth-order valence-corrected chi connectivity index (χ4v) is 3.16. The molecule has 0 N–H and O–H groups in total. The number of amides is 2. The molecule has 1 aliphatic heterocycles. The van der Waals surface area contributed by atoms with Crippen LogP contribution < -0.4 is 4.74 Å². The van der Waals surface area contributed by atoms with Crippen LogP contribution in [0.3, 0.4) is 0 Å². The number of nitrogens with zero attached hydrogens (tertiary/aromatic N) is 1. The number of imide groups is 1. The number of benzene rings is 2. The zero-order chi connectivity index (χ0) is 19.4. The summed E-state index contributed by atoms with van der Waals surface area (Å²) in [5, 5.41) is 0.689. The molecule has 0 bridgehead atoms. The number of ether oxygens (including phenoxy) is 2. The quantitative estimate of drug-likeness (QED) is 0.417. The second-order valence-electron chi connectivity index (χ2n) is 5.74. The van der Waals surface area contributed by atoms with E-state index in [0.717, 1.165) is 4.90 Å². The van der Waals surface area contributed by atoms with Crippen molar-refractivity contribution in [3.8, 4) is 5.75 Å². The first-order valence-electron chi connectivity index (χ1n) is 8.12. The third kappa shape index (κ3) is 4.40. The van der Waals surface area contributed by atoms with Crippen LogP contribution in [0, 0.1) is 0 Å². The Kier molecular flexibility index (Phi) is 5.98. The van der Waals surface area contributed by atoms with E-state index in [0.29, 0.717) is 26.9 Å². The highest BCUT2D eigenvalue weighted by atomic mass is 35.5. The Labute approximate surface area is 165 Å². The molecule has 2 aromatic rings. The summed E-state index contributed by atoms with van der Waals surface area (Å²) in [5.41, 5.74) is 1.07. The van der Waals surface area contributed by atoms with Gasteiger partial charge in [-0.3, -0.25) is 19.3 Å². The van der Waals surface area contributed by atoms with E-state index >= 15 is 0 Å². The molecule has 2 aromatic carbocycles. The van der Waals surface area contributed by atoms with Crippen LogP contribution in [0.25, 0.3) is 0 Å². The number of carbonyl (C=O) groups is 3. The third-order valence-corrected chi connectivity index (χ3v) is 4.53. The maximum atomic E-state index is 12.4. The molecular weight excluding hydrogens is 393 g/mol. The Morgan fingerprint density at radius 1 is 1.00 bits per heavy atom. The molecule has 0 unspecified atom stereocenters. The summed E-state index contributed by atoms with van der Waals surface area (Å²) in [7, 11) is 0. The number of rotatable bonds is 6. The van der Waals surface area contributed by atoms with Crippen molar-refractivity contribution in [2.45, 2.75) is 6.42 Å². The lowest BCUT2D eigenvalue weighted by atomic mass is 9.98. The van der Waals surface area contributed by atoms with Gasteiger partial charge in [0.25, 0.3) is 5.91 Å². The SMILES string of the molecule is O=C(CN1C(=O)Cc2ccccc2C1=O)OCCOc1c(Cl)cccc1Cl. The molecule has 0 spiro atoms. The fraction of sp³-hybridized carbons (Fsp3) is 0.211. The van der Waals surface area contributed by atoms with E-state index in [1.807, 2.05) is 0 Å². The highest BCUT2D eigenvalue weighted by molar-refractivity contribution is 6.37. The molecule has 0 fully saturated rings. The maximum absolute atomic E-state index is 12.4. The summed E-state index contributed by atoms with van der Waals surface area (Å²) in [4.78, 5) is 37.4. The van der Waals surface area contributed by atoms with Gasteiger partial charge in [0.05, 0.1) is 16.5 Å². The second-order valence-corrected chi connectivity index (χ2v) is 6.55. The molecule has 3 rings (SSSR count). The second kappa shape index (κ2) is 8.41. The monoisotopic (exact) mass is 407 g/mol. The summed E-state index contributed by atoms with van der Waals surface area (Å²) in [5.74, 6) is -1.34. The molecular formula is C19H15Cl2NO5. The van der Waals surface area contributed by atoms with Crippen molar-refractivity contribution in [2.24, 2.45) is 0 Å². The Bertz CT molecular complexity index is 879. The summed E-state index contributed by atoms with van der Waals surface area (Å²) >= 11 is 11.9. The van der Waals surface area contributed by atoms with Crippen LogP contribution in [0.4, 0.5) is 0 Å². The van der Waals surface area contributed by atoms with E-state index in [9.17, 15) is 14.4 Å². The molecule has 0 atom stereocenters. The average molecular weight is 408 g/mol. The van der Waals surface area contributed by atoms with Crippen molar-refractivity contribution >= 4 is 41.0 Å². The molecule has 8 heteroatoms. The summed E-state index contributed by atoms with van der Waals surface area (Å²) < 4.78 is 10.4. The molecule has 2 amide bonds. The molecule has 0 saturated carbocycles. The highest BCUT2D eigenvalue weighted by Gasteiger charge is 2.32. The minimum Gasteiger partial charge on any atom is -0.487 e. The number of esters is 1. The van der Waals surface area contributed by atoms with E-state index in [-0.39, 0.29) is 19.6 Å². The van der Waals surface area contributed by atoms with E-state index in [1.54, 1.807) is 42.5 Å². The van der Waals surface area contributed by atoms with Crippen LogP contribution in [0.2, 0.25) is 10.0 Å². The van der Waals surface area contributed by atoms with Crippen LogP contribution in [-0.2, 0) is 20.7 Å². The lowest BCUT2D eigenvalue weighted by molar-refractivity contribution is -0.148. The molecule has 1 aliphatic rings. The Morgan fingerprint density at radius 2 is 1.70 bits per heavy atom. The number of para-hydroxylation sites is 1. The lowest BCUT2D eigenvalue weighted by Gasteiger charge is -2.25. The Hall–Kier alpha value is -2.57. The van der Waals surface area contributed by atoms with Gasteiger partial charge in [0.15, 0.2) is 5.75 Å². The maximum Gasteiger partial charge on any atom is 0.326 e. The summed E-state index contributed by atoms with van der Waals surface area (Å²) in [6.45, 7) is -0.494. The number of hydrogen-bond acceptors (Lipinski definition) is 5. The van der Waals surface area contributed by atoms with Crippen LogP contribution in [0.5, 0.6) is 5.75 Å². The van der Waals surface area contributed by atoms with Crippen molar-refractivity contribution in [2.75, 3.05) is 19.8 Å². The van der Waals surface area contributed by atoms with E-state index < -0.39 is 24.3 Å². The molecule has 0 radical (unpaired) electrons.